The summed E-state index contributed by atoms with van der Waals surface area (Å²) in [6.45, 7) is 5.22. The van der Waals surface area contributed by atoms with Crippen molar-refractivity contribution in [3.8, 4) is 0 Å². The summed E-state index contributed by atoms with van der Waals surface area (Å²) < 4.78 is 0. The van der Waals surface area contributed by atoms with Gasteiger partial charge in [-0.1, -0.05) is 26.8 Å². The molecule has 0 aromatic carbocycles. The number of anilines is 2. The van der Waals surface area contributed by atoms with Crippen LogP contribution in [-0.4, -0.2) is 41.0 Å². The van der Waals surface area contributed by atoms with Crippen molar-refractivity contribution in [3.05, 3.63) is 47.9 Å². The minimum atomic E-state index is -0.644. The predicted molar refractivity (Wildman–Crippen MR) is 114 cm³/mol. The molecule has 0 fully saturated rings. The van der Waals surface area contributed by atoms with Gasteiger partial charge in [0.1, 0.15) is 11.5 Å². The molecule has 0 unspecified atom stereocenters. The number of fused-ring (bicyclic) bond motifs is 1. The molecule has 0 saturated heterocycles. The lowest BCUT2D eigenvalue weighted by molar-refractivity contribution is -0.127. The average molecular weight is 394 g/mol. The van der Waals surface area contributed by atoms with Crippen LogP contribution in [-0.2, 0) is 11.2 Å². The number of hydrogen-bond donors (Lipinski definition) is 3. The molecule has 3 rings (SSSR count). The van der Waals surface area contributed by atoms with Gasteiger partial charge in [0.05, 0.1) is 11.9 Å². The Morgan fingerprint density at radius 3 is 2.52 bits per heavy atom. The van der Waals surface area contributed by atoms with E-state index in [1.807, 2.05) is 37.5 Å². The molecule has 29 heavy (non-hydrogen) atoms. The molecule has 3 amide bonds. The minimum absolute atomic E-state index is 0.350. The fourth-order valence-electron chi connectivity index (χ4n) is 2.70. The molecule has 0 saturated carbocycles. The number of pyridine rings is 2. The average Bonchev–Trinajstić information content (AvgIpc) is 3.04. The first-order chi connectivity index (χ1) is 13.6. The number of hydrogen-bond acceptors (Lipinski definition) is 5. The number of urea groups is 1. The maximum atomic E-state index is 11.9. The van der Waals surface area contributed by atoms with Crippen molar-refractivity contribution in [2.24, 2.45) is 5.41 Å². The number of aromatic nitrogens is 3. The largest absolute Gasteiger partial charge is 0.376 e. The summed E-state index contributed by atoms with van der Waals surface area (Å²) in [6.07, 6.45) is 6.18. The third kappa shape index (κ3) is 4.90. The van der Waals surface area contributed by atoms with Crippen LogP contribution in [0.3, 0.4) is 0 Å². The number of carbonyl (C=O) groups excluding carboxylic acids is 2. The number of imide groups is 1. The third-order valence-electron chi connectivity index (χ3n) is 4.49. The number of carbonyl (C=O) groups is 2. The standard InChI is InChI=1S/C21H26N6O2/c1-21(2,3)19(28)26-20(29)25-17-7-6-13(10-22-17)8-14-11-23-18-16(14)9-15(12-24-18)27(4)5/h6-7,9-12H,8H2,1-5H3,(H,23,24)(H2,22,25,26,28,29). The predicted octanol–water partition coefficient (Wildman–Crippen LogP) is 3.31. The van der Waals surface area contributed by atoms with E-state index < -0.39 is 11.4 Å². The van der Waals surface area contributed by atoms with Crippen LogP contribution in [0, 0.1) is 5.41 Å². The highest BCUT2D eigenvalue weighted by molar-refractivity contribution is 6.02. The SMILES string of the molecule is CN(C)c1cnc2[nH]cc(Cc3ccc(NC(=O)NC(=O)C(C)(C)C)nc3)c2c1. The topological polar surface area (TPSA) is 103 Å². The van der Waals surface area contributed by atoms with Crippen molar-refractivity contribution >= 4 is 34.5 Å². The molecule has 0 spiro atoms. The highest BCUT2D eigenvalue weighted by Crippen LogP contribution is 2.24. The summed E-state index contributed by atoms with van der Waals surface area (Å²) in [7, 11) is 3.96. The molecule has 0 aliphatic rings. The molecule has 3 heterocycles. The molecule has 8 nitrogen and oxygen atoms in total. The Bertz CT molecular complexity index is 1030. The summed E-state index contributed by atoms with van der Waals surface area (Å²) in [6, 6.07) is 5.13. The number of nitrogens with one attached hydrogen (secondary N) is 3. The first-order valence-electron chi connectivity index (χ1n) is 9.34. The van der Waals surface area contributed by atoms with Gasteiger partial charge in [0.2, 0.25) is 5.91 Å². The van der Waals surface area contributed by atoms with Crippen LogP contribution in [0.1, 0.15) is 31.9 Å². The Kier molecular flexibility index (Phi) is 5.54. The summed E-state index contributed by atoms with van der Waals surface area (Å²) in [5.74, 6) is 0.0279. The Hall–Kier alpha value is -3.42. The van der Waals surface area contributed by atoms with Crippen LogP contribution in [0.4, 0.5) is 16.3 Å². The zero-order valence-electron chi connectivity index (χ0n) is 17.3. The van der Waals surface area contributed by atoms with Crippen LogP contribution in [0.15, 0.2) is 36.8 Å². The van der Waals surface area contributed by atoms with E-state index >= 15 is 0 Å². The maximum Gasteiger partial charge on any atom is 0.327 e. The molecule has 8 heteroatoms. The van der Waals surface area contributed by atoms with Gasteiger partial charge in [-0.25, -0.2) is 14.8 Å². The van der Waals surface area contributed by atoms with Gasteiger partial charge in [-0.15, -0.1) is 0 Å². The molecule has 0 aliphatic carbocycles. The monoisotopic (exact) mass is 394 g/mol. The lowest BCUT2D eigenvalue weighted by Crippen LogP contribution is -2.41. The van der Waals surface area contributed by atoms with Crippen LogP contribution in [0.2, 0.25) is 0 Å². The molecule has 0 bridgehead atoms. The van der Waals surface area contributed by atoms with E-state index in [0.29, 0.717) is 12.2 Å². The third-order valence-corrected chi connectivity index (χ3v) is 4.49. The molecule has 0 atom stereocenters. The zero-order valence-corrected chi connectivity index (χ0v) is 17.3. The lowest BCUT2D eigenvalue weighted by atomic mass is 9.96. The van der Waals surface area contributed by atoms with Crippen LogP contribution in [0.5, 0.6) is 0 Å². The zero-order chi connectivity index (χ0) is 21.2. The highest BCUT2D eigenvalue weighted by Gasteiger charge is 2.23. The van der Waals surface area contributed by atoms with Crippen LogP contribution >= 0.6 is 0 Å². The van der Waals surface area contributed by atoms with Gasteiger partial charge in [-0.3, -0.25) is 15.4 Å². The molecular weight excluding hydrogens is 368 g/mol. The quantitative estimate of drug-likeness (QED) is 0.630. The summed E-state index contributed by atoms with van der Waals surface area (Å²) in [5.41, 5.74) is 3.35. The number of amides is 3. The van der Waals surface area contributed by atoms with E-state index in [4.69, 9.17) is 0 Å². The summed E-state index contributed by atoms with van der Waals surface area (Å²) in [5, 5.41) is 5.95. The van der Waals surface area contributed by atoms with Crippen molar-refractivity contribution in [1.29, 1.82) is 0 Å². The van der Waals surface area contributed by atoms with E-state index in [1.54, 1.807) is 33.0 Å². The van der Waals surface area contributed by atoms with Gasteiger partial charge >= 0.3 is 6.03 Å². The van der Waals surface area contributed by atoms with Gasteiger partial charge in [0.15, 0.2) is 0 Å². The van der Waals surface area contributed by atoms with Gasteiger partial charge in [0, 0.05) is 43.7 Å². The number of rotatable bonds is 4. The fourth-order valence-corrected chi connectivity index (χ4v) is 2.70. The smallest absolute Gasteiger partial charge is 0.327 e. The molecule has 152 valence electrons. The lowest BCUT2D eigenvalue weighted by Gasteiger charge is -2.16. The minimum Gasteiger partial charge on any atom is -0.376 e. The van der Waals surface area contributed by atoms with Gasteiger partial charge in [-0.05, 0) is 23.3 Å². The van der Waals surface area contributed by atoms with Crippen molar-refractivity contribution in [1.82, 2.24) is 20.3 Å². The Labute approximate surface area is 169 Å². The first kappa shape index (κ1) is 20.3. The molecule has 3 aromatic heterocycles. The molecular formula is C21H26N6O2. The Balaban J connectivity index is 1.68. The summed E-state index contributed by atoms with van der Waals surface area (Å²) in [4.78, 5) is 37.8. The van der Waals surface area contributed by atoms with Gasteiger partial charge in [0.25, 0.3) is 0 Å². The van der Waals surface area contributed by atoms with E-state index in [9.17, 15) is 9.59 Å². The van der Waals surface area contributed by atoms with Crippen molar-refractivity contribution < 1.29 is 9.59 Å². The normalized spacial score (nSPS) is 11.3. The number of aromatic amines is 1. The molecule has 3 aromatic rings. The van der Waals surface area contributed by atoms with E-state index in [2.05, 4.69) is 31.7 Å². The summed E-state index contributed by atoms with van der Waals surface area (Å²) >= 11 is 0. The second kappa shape index (κ2) is 7.90. The first-order valence-corrected chi connectivity index (χ1v) is 9.34. The van der Waals surface area contributed by atoms with Crippen molar-refractivity contribution in [2.45, 2.75) is 27.2 Å². The van der Waals surface area contributed by atoms with Gasteiger partial charge < -0.3 is 9.88 Å². The fraction of sp³-hybridized carbons (Fsp3) is 0.333. The number of H-pyrrole nitrogens is 1. The molecule has 0 aliphatic heterocycles. The van der Waals surface area contributed by atoms with E-state index in [1.165, 1.54) is 0 Å². The Morgan fingerprint density at radius 1 is 1.14 bits per heavy atom. The molecule has 3 N–H and O–H groups in total. The van der Waals surface area contributed by atoms with Crippen molar-refractivity contribution in [2.75, 3.05) is 24.3 Å². The van der Waals surface area contributed by atoms with Gasteiger partial charge in [-0.2, -0.15) is 0 Å². The second-order valence-corrected chi connectivity index (χ2v) is 8.18. The molecule has 0 radical (unpaired) electrons. The van der Waals surface area contributed by atoms with E-state index in [0.717, 1.165) is 27.8 Å². The maximum absolute atomic E-state index is 11.9. The van der Waals surface area contributed by atoms with Crippen LogP contribution in [0.25, 0.3) is 11.0 Å². The number of nitrogens with zero attached hydrogens (tertiary/aromatic N) is 3. The van der Waals surface area contributed by atoms with Crippen LogP contribution < -0.4 is 15.5 Å². The second-order valence-electron chi connectivity index (χ2n) is 8.18. The highest BCUT2D eigenvalue weighted by atomic mass is 16.2. The van der Waals surface area contributed by atoms with E-state index in [-0.39, 0.29) is 5.91 Å². The Morgan fingerprint density at radius 2 is 1.90 bits per heavy atom. The van der Waals surface area contributed by atoms with Crippen molar-refractivity contribution in [3.63, 3.8) is 0 Å².